The van der Waals surface area contributed by atoms with Gasteiger partial charge in [-0.05, 0) is 45.4 Å². The van der Waals surface area contributed by atoms with Crippen LogP contribution in [0.1, 0.15) is 39.2 Å². The van der Waals surface area contributed by atoms with Crippen molar-refractivity contribution in [2.45, 2.75) is 51.8 Å². The number of benzene rings is 1. The number of carbonyl (C=O) groups excluding carboxylic acids is 3. The molecule has 1 saturated heterocycles. The number of nitrogens with zero attached hydrogens (tertiary/aromatic N) is 2. The van der Waals surface area contributed by atoms with E-state index < -0.39 is 17.6 Å². The third-order valence-corrected chi connectivity index (χ3v) is 5.49. The highest BCUT2D eigenvalue weighted by Crippen LogP contribution is 2.14. The third-order valence-electron chi connectivity index (χ3n) is 4.92. The maximum absolute atomic E-state index is 12.3. The van der Waals surface area contributed by atoms with Crippen molar-refractivity contribution in [1.29, 1.82) is 0 Å². The van der Waals surface area contributed by atoms with Crippen molar-refractivity contribution in [3.05, 3.63) is 35.9 Å². The van der Waals surface area contributed by atoms with Gasteiger partial charge in [-0.3, -0.25) is 19.4 Å². The predicted octanol–water partition coefficient (Wildman–Crippen LogP) is 2.44. The first-order valence-corrected chi connectivity index (χ1v) is 12.3. The summed E-state index contributed by atoms with van der Waals surface area (Å²) in [6, 6.07) is 10.5. The zero-order chi connectivity index (χ0) is 23.6. The first-order valence-electron chi connectivity index (χ1n) is 11.0. The summed E-state index contributed by atoms with van der Waals surface area (Å²) in [7, 11) is 0. The Morgan fingerprint density at radius 2 is 1.78 bits per heavy atom. The molecule has 9 heteroatoms. The Morgan fingerprint density at radius 3 is 2.38 bits per heavy atom. The van der Waals surface area contributed by atoms with Crippen molar-refractivity contribution in [1.82, 2.24) is 20.4 Å². The van der Waals surface area contributed by atoms with E-state index in [4.69, 9.17) is 4.74 Å². The van der Waals surface area contributed by atoms with Crippen molar-refractivity contribution < 1.29 is 19.1 Å². The predicted molar refractivity (Wildman–Crippen MR) is 127 cm³/mol. The average molecular weight is 465 g/mol. The average Bonchev–Trinajstić information content (AvgIpc) is 2.73. The number of piperidine rings is 1. The minimum atomic E-state index is -0.638. The number of thioether (sulfide) groups is 1. The summed E-state index contributed by atoms with van der Waals surface area (Å²) < 4.78 is 5.34. The molecule has 1 aliphatic heterocycles. The zero-order valence-electron chi connectivity index (χ0n) is 19.6. The van der Waals surface area contributed by atoms with Crippen LogP contribution in [0.15, 0.2) is 30.3 Å². The number of nitrogens with one attached hydrogen (secondary N) is 2. The Bertz CT molecular complexity index is 746. The van der Waals surface area contributed by atoms with Crippen LogP contribution in [0.4, 0.5) is 4.79 Å². The van der Waals surface area contributed by atoms with Gasteiger partial charge < -0.3 is 15.4 Å². The number of hydrogen-bond acceptors (Lipinski definition) is 6. The van der Waals surface area contributed by atoms with Crippen molar-refractivity contribution in [2.75, 3.05) is 38.3 Å². The highest BCUT2D eigenvalue weighted by molar-refractivity contribution is 7.98. The smallest absolute Gasteiger partial charge is 0.411 e. The van der Waals surface area contributed by atoms with Gasteiger partial charge in [-0.2, -0.15) is 0 Å². The lowest BCUT2D eigenvalue weighted by molar-refractivity contribution is -0.127. The molecular weight excluding hydrogens is 428 g/mol. The Kier molecular flexibility index (Phi) is 10.3. The molecule has 0 spiro atoms. The maximum atomic E-state index is 12.3. The molecule has 3 amide bonds. The first kappa shape index (κ1) is 26.0. The van der Waals surface area contributed by atoms with Gasteiger partial charge in [0, 0.05) is 25.7 Å². The zero-order valence-corrected chi connectivity index (χ0v) is 20.4. The fraction of sp³-hybridized carbons (Fsp3) is 0.609. The highest BCUT2D eigenvalue weighted by Gasteiger charge is 2.24. The molecule has 0 atom stereocenters. The summed E-state index contributed by atoms with van der Waals surface area (Å²) in [5.74, 6) is -0.276. The van der Waals surface area contributed by atoms with Crippen LogP contribution in [0.5, 0.6) is 0 Å². The van der Waals surface area contributed by atoms with Crippen molar-refractivity contribution in [3.63, 3.8) is 0 Å². The summed E-state index contributed by atoms with van der Waals surface area (Å²) in [6.07, 6.45) is 3.06. The van der Waals surface area contributed by atoms with E-state index in [-0.39, 0.29) is 25.0 Å². The van der Waals surface area contributed by atoms with E-state index in [1.54, 1.807) is 20.8 Å². The van der Waals surface area contributed by atoms with Gasteiger partial charge >= 0.3 is 6.09 Å². The van der Waals surface area contributed by atoms with Crippen molar-refractivity contribution in [2.24, 2.45) is 0 Å². The van der Waals surface area contributed by atoms with E-state index >= 15 is 0 Å². The van der Waals surface area contributed by atoms with Gasteiger partial charge in [-0.1, -0.05) is 30.3 Å². The second-order valence-corrected chi connectivity index (χ2v) is 9.81. The van der Waals surface area contributed by atoms with Gasteiger partial charge in [0.2, 0.25) is 11.8 Å². The van der Waals surface area contributed by atoms with Crippen LogP contribution in [0.3, 0.4) is 0 Å². The molecule has 8 nitrogen and oxygen atoms in total. The SMILES string of the molecule is CSCN(CC(=O)NCC(=O)NC1CCN(Cc2ccccc2)CC1)C(=O)OC(C)(C)C. The number of carbonyl (C=O) groups is 3. The summed E-state index contributed by atoms with van der Waals surface area (Å²) >= 11 is 1.42. The van der Waals surface area contributed by atoms with Crippen LogP contribution in [0.2, 0.25) is 0 Å². The fourth-order valence-electron chi connectivity index (χ4n) is 3.41. The summed E-state index contributed by atoms with van der Waals surface area (Å²) in [4.78, 5) is 40.5. The van der Waals surface area contributed by atoms with Crippen LogP contribution >= 0.6 is 11.8 Å². The van der Waals surface area contributed by atoms with Crippen LogP contribution in [0.25, 0.3) is 0 Å². The monoisotopic (exact) mass is 464 g/mol. The molecule has 1 aromatic carbocycles. The standard InChI is InChI=1S/C23H36N4O4S/c1-23(2,3)31-22(30)27(17-32-4)16-21(29)24-14-20(28)25-19-10-12-26(13-11-19)15-18-8-6-5-7-9-18/h5-9,19H,10-17H2,1-4H3,(H,24,29)(H,25,28). The van der Waals surface area contributed by atoms with E-state index in [0.29, 0.717) is 5.88 Å². The second-order valence-electron chi connectivity index (χ2n) is 8.98. The largest absolute Gasteiger partial charge is 0.444 e. The first-order chi connectivity index (χ1) is 15.2. The number of rotatable bonds is 9. The van der Waals surface area contributed by atoms with Gasteiger partial charge in [0.05, 0.1) is 12.4 Å². The lowest BCUT2D eigenvalue weighted by Gasteiger charge is -2.32. The van der Waals surface area contributed by atoms with E-state index in [0.717, 1.165) is 32.5 Å². The molecule has 0 aliphatic carbocycles. The molecule has 0 bridgehead atoms. The summed E-state index contributed by atoms with van der Waals surface area (Å²) in [5, 5.41) is 5.60. The third kappa shape index (κ3) is 9.91. The number of ether oxygens (including phenoxy) is 1. The molecular formula is C23H36N4O4S. The van der Waals surface area contributed by atoms with E-state index in [9.17, 15) is 14.4 Å². The molecule has 0 saturated carbocycles. The van der Waals surface area contributed by atoms with Gasteiger partial charge in [-0.25, -0.2) is 4.79 Å². The minimum absolute atomic E-state index is 0.107. The van der Waals surface area contributed by atoms with Crippen molar-refractivity contribution in [3.8, 4) is 0 Å². The molecule has 0 unspecified atom stereocenters. The maximum Gasteiger partial charge on any atom is 0.411 e. The molecule has 2 N–H and O–H groups in total. The minimum Gasteiger partial charge on any atom is -0.444 e. The van der Waals surface area contributed by atoms with Crippen molar-refractivity contribution >= 4 is 29.7 Å². The van der Waals surface area contributed by atoms with E-state index in [2.05, 4.69) is 27.7 Å². The molecule has 1 aliphatic rings. The summed E-state index contributed by atoms with van der Waals surface area (Å²) in [5.41, 5.74) is 0.653. The Balaban J connectivity index is 1.68. The quantitative estimate of drug-likeness (QED) is 0.546. The van der Waals surface area contributed by atoms with Gasteiger partial charge in [0.25, 0.3) is 0 Å². The van der Waals surface area contributed by atoms with Crippen LogP contribution in [-0.4, -0.2) is 77.7 Å². The van der Waals surface area contributed by atoms with E-state index in [1.165, 1.54) is 22.2 Å². The normalized spacial score (nSPS) is 15.1. The summed E-state index contributed by atoms with van der Waals surface area (Å²) in [6.45, 7) is 7.83. The lowest BCUT2D eigenvalue weighted by atomic mass is 10.0. The van der Waals surface area contributed by atoms with Crippen LogP contribution < -0.4 is 10.6 Å². The Morgan fingerprint density at radius 1 is 1.12 bits per heavy atom. The molecule has 0 aromatic heterocycles. The van der Waals surface area contributed by atoms with Crippen LogP contribution in [-0.2, 0) is 20.9 Å². The topological polar surface area (TPSA) is 91.0 Å². The highest BCUT2D eigenvalue weighted by atomic mass is 32.2. The molecule has 32 heavy (non-hydrogen) atoms. The van der Waals surface area contributed by atoms with Crippen LogP contribution in [0, 0.1) is 0 Å². The molecule has 1 heterocycles. The molecule has 178 valence electrons. The second kappa shape index (κ2) is 12.7. The molecule has 1 fully saturated rings. The van der Waals surface area contributed by atoms with Gasteiger partial charge in [-0.15, -0.1) is 11.8 Å². The molecule has 1 aromatic rings. The fourth-order valence-corrected chi connectivity index (χ4v) is 3.92. The Hall–Kier alpha value is -2.26. The number of likely N-dealkylation sites (tertiary alicyclic amines) is 1. The molecule has 0 radical (unpaired) electrons. The van der Waals surface area contributed by atoms with Gasteiger partial charge in [0.1, 0.15) is 12.1 Å². The lowest BCUT2D eigenvalue weighted by Crippen LogP contribution is -2.48. The Labute approximate surface area is 195 Å². The molecule has 2 rings (SSSR count). The number of amides is 3. The van der Waals surface area contributed by atoms with E-state index in [1.807, 2.05) is 24.5 Å². The van der Waals surface area contributed by atoms with Gasteiger partial charge in [0.15, 0.2) is 0 Å². The number of hydrogen-bond donors (Lipinski definition) is 2.